The molecule has 1 aliphatic heterocycles. The summed E-state index contributed by atoms with van der Waals surface area (Å²) in [6.45, 7) is 8.50. The molecule has 0 aromatic rings. The zero-order valence-electron chi connectivity index (χ0n) is 11.0. The van der Waals surface area contributed by atoms with Crippen molar-refractivity contribution >= 4 is 5.91 Å². The molecule has 0 radical (unpaired) electrons. The van der Waals surface area contributed by atoms with Gasteiger partial charge in [-0.05, 0) is 33.1 Å². The first-order chi connectivity index (χ1) is 7.54. The van der Waals surface area contributed by atoms with Crippen molar-refractivity contribution < 1.29 is 4.79 Å². The zero-order chi connectivity index (χ0) is 12.1. The van der Waals surface area contributed by atoms with Crippen LogP contribution in [0.2, 0.25) is 0 Å². The summed E-state index contributed by atoms with van der Waals surface area (Å²) in [6.07, 6.45) is 4.30. The summed E-state index contributed by atoms with van der Waals surface area (Å²) < 4.78 is 0. The monoisotopic (exact) mass is 226 g/mol. The van der Waals surface area contributed by atoms with Crippen molar-refractivity contribution in [3.05, 3.63) is 0 Å². The molecule has 0 aromatic carbocycles. The Kier molecular flexibility index (Phi) is 5.26. The van der Waals surface area contributed by atoms with Gasteiger partial charge in [0.05, 0.1) is 0 Å². The predicted molar refractivity (Wildman–Crippen MR) is 67.3 cm³/mol. The van der Waals surface area contributed by atoms with E-state index in [2.05, 4.69) is 31.4 Å². The molecular weight excluding hydrogens is 200 g/mol. The van der Waals surface area contributed by atoms with Gasteiger partial charge in [-0.25, -0.2) is 0 Å². The van der Waals surface area contributed by atoms with Crippen molar-refractivity contribution in [2.24, 2.45) is 5.92 Å². The Bertz CT molecular complexity index is 230. The second-order valence-electron chi connectivity index (χ2n) is 5.24. The summed E-state index contributed by atoms with van der Waals surface area (Å²) in [6, 6.07) is 1.28. The Labute approximate surface area is 99.4 Å². The molecule has 94 valence electrons. The maximum atomic E-state index is 11.9. The van der Waals surface area contributed by atoms with Crippen LogP contribution in [0.3, 0.4) is 0 Å². The van der Waals surface area contributed by atoms with Crippen LogP contribution in [0.4, 0.5) is 0 Å². The molecule has 2 N–H and O–H groups in total. The van der Waals surface area contributed by atoms with E-state index in [1.807, 2.05) is 6.92 Å². The number of hydrogen-bond acceptors (Lipinski definition) is 2. The molecule has 16 heavy (non-hydrogen) atoms. The van der Waals surface area contributed by atoms with Crippen molar-refractivity contribution in [1.82, 2.24) is 10.6 Å². The van der Waals surface area contributed by atoms with E-state index in [0.29, 0.717) is 18.1 Å². The normalized spacial score (nSPS) is 32.1. The first-order valence-corrected chi connectivity index (χ1v) is 6.61. The average Bonchev–Trinajstić information content (AvgIpc) is 2.22. The van der Waals surface area contributed by atoms with Crippen LogP contribution >= 0.6 is 0 Å². The molecule has 1 saturated heterocycles. The minimum atomic E-state index is 0.150. The Morgan fingerprint density at radius 1 is 1.44 bits per heavy atom. The lowest BCUT2D eigenvalue weighted by Gasteiger charge is -2.35. The number of nitrogens with one attached hydrogen (secondary N) is 2. The highest BCUT2D eigenvalue weighted by Gasteiger charge is 2.26. The third-order valence-corrected chi connectivity index (χ3v) is 3.56. The van der Waals surface area contributed by atoms with Gasteiger partial charge in [-0.15, -0.1) is 0 Å². The molecule has 3 nitrogen and oxygen atoms in total. The van der Waals surface area contributed by atoms with E-state index in [4.69, 9.17) is 0 Å². The van der Waals surface area contributed by atoms with E-state index in [9.17, 15) is 4.79 Å². The molecule has 1 heterocycles. The van der Waals surface area contributed by atoms with E-state index < -0.39 is 0 Å². The van der Waals surface area contributed by atoms with Gasteiger partial charge in [0.2, 0.25) is 5.91 Å². The summed E-state index contributed by atoms with van der Waals surface area (Å²) in [5, 5.41) is 6.66. The molecule has 1 fully saturated rings. The highest BCUT2D eigenvalue weighted by Crippen LogP contribution is 2.14. The molecule has 4 atom stereocenters. The Morgan fingerprint density at radius 3 is 2.69 bits per heavy atom. The maximum absolute atomic E-state index is 11.9. The molecule has 0 bridgehead atoms. The summed E-state index contributed by atoms with van der Waals surface area (Å²) in [7, 11) is 0. The lowest BCUT2D eigenvalue weighted by Crippen LogP contribution is -2.55. The Hall–Kier alpha value is -0.570. The van der Waals surface area contributed by atoms with Gasteiger partial charge in [-0.1, -0.05) is 20.3 Å². The third kappa shape index (κ3) is 3.78. The zero-order valence-corrected chi connectivity index (χ0v) is 11.0. The average molecular weight is 226 g/mol. The molecule has 0 spiro atoms. The van der Waals surface area contributed by atoms with Gasteiger partial charge in [0.15, 0.2) is 0 Å². The van der Waals surface area contributed by atoms with Crippen molar-refractivity contribution in [3.8, 4) is 0 Å². The minimum absolute atomic E-state index is 0.150. The minimum Gasteiger partial charge on any atom is -0.352 e. The molecule has 1 amide bonds. The SMILES string of the molecule is CCCC(C)C(=O)NC1CCC(C)NC1C. The van der Waals surface area contributed by atoms with E-state index in [1.165, 1.54) is 0 Å². The maximum Gasteiger partial charge on any atom is 0.223 e. The van der Waals surface area contributed by atoms with Crippen molar-refractivity contribution in [2.45, 2.75) is 71.5 Å². The van der Waals surface area contributed by atoms with Gasteiger partial charge in [0.25, 0.3) is 0 Å². The van der Waals surface area contributed by atoms with Crippen LogP contribution in [0.1, 0.15) is 53.4 Å². The van der Waals surface area contributed by atoms with Gasteiger partial charge in [0.1, 0.15) is 0 Å². The number of rotatable bonds is 4. The van der Waals surface area contributed by atoms with E-state index in [1.54, 1.807) is 0 Å². The quantitative estimate of drug-likeness (QED) is 0.770. The van der Waals surface area contributed by atoms with Crippen molar-refractivity contribution in [1.29, 1.82) is 0 Å². The van der Waals surface area contributed by atoms with Gasteiger partial charge >= 0.3 is 0 Å². The van der Waals surface area contributed by atoms with Gasteiger partial charge in [-0.3, -0.25) is 4.79 Å². The second-order valence-corrected chi connectivity index (χ2v) is 5.24. The standard InChI is InChI=1S/C13H26N2O/c1-5-6-9(2)13(16)15-12-8-7-10(3)14-11(12)4/h9-12,14H,5-8H2,1-4H3,(H,15,16). The first-order valence-electron chi connectivity index (χ1n) is 6.61. The highest BCUT2D eigenvalue weighted by molar-refractivity contribution is 5.78. The Balaban J connectivity index is 2.38. The molecule has 3 heteroatoms. The summed E-state index contributed by atoms with van der Waals surface area (Å²) in [4.78, 5) is 11.9. The fourth-order valence-electron chi connectivity index (χ4n) is 2.41. The highest BCUT2D eigenvalue weighted by atomic mass is 16.1. The topological polar surface area (TPSA) is 41.1 Å². The van der Waals surface area contributed by atoms with Crippen LogP contribution in [-0.4, -0.2) is 24.0 Å². The fourth-order valence-corrected chi connectivity index (χ4v) is 2.41. The molecule has 0 saturated carbocycles. The third-order valence-electron chi connectivity index (χ3n) is 3.56. The number of piperidine rings is 1. The Morgan fingerprint density at radius 2 is 2.12 bits per heavy atom. The summed E-state index contributed by atoms with van der Waals surface area (Å²) >= 11 is 0. The van der Waals surface area contributed by atoms with Crippen molar-refractivity contribution in [3.63, 3.8) is 0 Å². The number of carbonyl (C=O) groups is 1. The van der Waals surface area contributed by atoms with Crippen LogP contribution in [0.5, 0.6) is 0 Å². The number of amides is 1. The summed E-state index contributed by atoms with van der Waals surface area (Å²) in [5.41, 5.74) is 0. The largest absolute Gasteiger partial charge is 0.352 e. The first kappa shape index (κ1) is 13.5. The smallest absolute Gasteiger partial charge is 0.223 e. The molecular formula is C13H26N2O. The molecule has 1 rings (SSSR count). The van der Waals surface area contributed by atoms with Crippen LogP contribution < -0.4 is 10.6 Å². The molecule has 4 unspecified atom stereocenters. The van der Waals surface area contributed by atoms with Crippen LogP contribution in [0, 0.1) is 5.92 Å². The van der Waals surface area contributed by atoms with Crippen LogP contribution in [-0.2, 0) is 4.79 Å². The lowest BCUT2D eigenvalue weighted by atomic mass is 9.94. The van der Waals surface area contributed by atoms with Crippen molar-refractivity contribution in [2.75, 3.05) is 0 Å². The number of carbonyl (C=O) groups excluding carboxylic acids is 1. The van der Waals surface area contributed by atoms with Gasteiger partial charge in [-0.2, -0.15) is 0 Å². The van der Waals surface area contributed by atoms with Crippen LogP contribution in [0.25, 0.3) is 0 Å². The molecule has 0 aliphatic carbocycles. The molecule has 0 aromatic heterocycles. The summed E-state index contributed by atoms with van der Waals surface area (Å²) in [5.74, 6) is 0.367. The van der Waals surface area contributed by atoms with Crippen LogP contribution in [0.15, 0.2) is 0 Å². The number of hydrogen-bond donors (Lipinski definition) is 2. The second kappa shape index (κ2) is 6.24. The molecule has 1 aliphatic rings. The van der Waals surface area contributed by atoms with Gasteiger partial charge in [0, 0.05) is 24.0 Å². The van der Waals surface area contributed by atoms with Gasteiger partial charge < -0.3 is 10.6 Å². The lowest BCUT2D eigenvalue weighted by molar-refractivity contribution is -0.125. The van der Waals surface area contributed by atoms with E-state index >= 15 is 0 Å². The fraction of sp³-hybridized carbons (Fsp3) is 0.923. The van der Waals surface area contributed by atoms with E-state index in [-0.39, 0.29) is 11.8 Å². The van der Waals surface area contributed by atoms with E-state index in [0.717, 1.165) is 25.7 Å². The predicted octanol–water partition coefficient (Wildman–Crippen LogP) is 2.07.